The molecule has 0 aliphatic carbocycles. The van der Waals surface area contributed by atoms with Crippen LogP contribution in [0.5, 0.6) is 0 Å². The molecule has 0 radical (unpaired) electrons. The molecule has 0 fully saturated rings. The van der Waals surface area contributed by atoms with Crippen molar-refractivity contribution in [3.05, 3.63) is 396 Å². The molecule has 140 heavy (non-hydrogen) atoms. The number of terminal acetylenes is 1. The number of rotatable bonds is 14. The van der Waals surface area contributed by atoms with Crippen LogP contribution in [-0.4, -0.2) is 72.1 Å². The number of nitro groups is 5. The fraction of sp³-hybridized carbons (Fsp3) is 0.273. The van der Waals surface area contributed by atoms with Crippen molar-refractivity contribution in [1.82, 2.24) is 9.13 Å². The summed E-state index contributed by atoms with van der Waals surface area (Å²) < 4.78 is 16.5. The number of fused-ring (bicyclic) bond motifs is 2. The van der Waals surface area contributed by atoms with Crippen LogP contribution < -0.4 is 59.2 Å². The molecule has 0 saturated heterocycles. The Balaban J connectivity index is 0.000000329. The second-order valence-electron chi connectivity index (χ2n) is 40.0. The van der Waals surface area contributed by atoms with Gasteiger partial charge in [0.15, 0.2) is 0 Å². The summed E-state index contributed by atoms with van der Waals surface area (Å²) in [6, 6.07) is 102. The Kier molecular flexibility index (Phi) is 48.5. The summed E-state index contributed by atoms with van der Waals surface area (Å²) in [7, 11) is 6.11. The number of hydrogen-bond acceptors (Lipinski definition) is 15. The quantitative estimate of drug-likeness (QED) is 0.0169. The molecule has 0 saturated carbocycles. The van der Waals surface area contributed by atoms with E-state index >= 15 is 0 Å². The molecule has 12 aromatic carbocycles. The molecule has 0 unspecified atom stereocenters. The van der Waals surface area contributed by atoms with Gasteiger partial charge in [-0.05, 0) is 251 Å². The summed E-state index contributed by atoms with van der Waals surface area (Å²) in [4.78, 5) is 50.2. The van der Waals surface area contributed by atoms with E-state index in [1.165, 1.54) is 73.1 Å². The molecule has 0 amide bonds. The van der Waals surface area contributed by atoms with Gasteiger partial charge in [-0.3, -0.25) is 50.6 Å². The largest absolute Gasteiger partial charge is 0.0622 e. The number of non-ortho nitro benzene ring substituents is 5. The minimum atomic E-state index is -1.52. The molecule has 0 spiro atoms. The third-order valence-corrected chi connectivity index (χ3v) is 24.7. The van der Waals surface area contributed by atoms with Crippen LogP contribution in [0.1, 0.15) is 130 Å². The summed E-state index contributed by atoms with van der Waals surface area (Å²) in [5.41, 5.74) is 23.8. The van der Waals surface area contributed by atoms with Crippen LogP contribution in [0.4, 0.5) is 55.6 Å². The maximum absolute atomic E-state index is 12.1. The van der Waals surface area contributed by atoms with Gasteiger partial charge in [0.2, 0.25) is 0 Å². The standard InChI is InChI=1S/2C18H15P.C15H22N2O2Si.C12H14N2O2.C12H16N2.2C10H14N2O2.C6H4FNO2.C5H10Si.C4H11N.2ClH.Pd/c2*1-4-10-16(11-5-1)19(17-12-6-2-7-13-17)18-14-8-3-9-15-18;1-15(2,3)16-14-8-7-13(17(18)19)11-12(14)9-10-20(4,5)6;1-12(2,3)13-7-6-9-8-10(14(15)16)4-5-11(9)13;1-12(2,3)14-7-6-9-8-10(13)4-5-11(9)14;2*1-10(2,3)11-8-4-6-9(7-5-8)12(13)14;7-5-1-3-6(4-2-5)8(9)10;1-5-6(2,3)4;1-4(2,3)5;;;/h2*1-15H;7-8,11,16H,1-6H3;4-8H,1-3H3;4-8H,13H2,1-3H3;2*4-7,11H,1-3H3;1-4H;1H,2-4H3;5H2,1-3H3;2*1H;/q;;;;;;;;;;;;+2/p-2. The SMILES string of the molecule is C#C[Si](C)(C)C.CC(C)(C)N.CC(C)(C)Nc1ccc([N+](=O)[O-])cc1.CC(C)(C)Nc1ccc([N+](=O)[O-])cc1.CC(C)(C)Nc1ccc([N+](=O)[O-])cc1C#C[Si](C)(C)C.CC(C)(C)n1ccc2cc(N)ccc21.CC(C)(C)n1ccc2cc([N+](=O)[O-])ccc21.O=[N+]([O-])c1ccc(F)cc1.[Cl][Pd][Cl].c1ccc(P(c2ccccc2)c2ccccc2)cc1.c1ccc(P(c2ccccc2)c2ccccc2)cc1. The van der Waals surface area contributed by atoms with Crippen molar-refractivity contribution < 1.29 is 44.9 Å². The number of benzene rings is 12. The van der Waals surface area contributed by atoms with E-state index in [4.69, 9.17) is 36.9 Å². The van der Waals surface area contributed by atoms with E-state index < -0.39 is 52.6 Å². The molecular formula is C110H135Cl2FN12O10P2PdSi2. The molecule has 14 rings (SSSR count). The average molecular weight is 2100 g/mol. The summed E-state index contributed by atoms with van der Waals surface area (Å²) in [6.07, 6.45) is 9.20. The van der Waals surface area contributed by atoms with E-state index in [0.717, 1.165) is 57.9 Å². The Morgan fingerprint density at radius 1 is 0.364 bits per heavy atom. The first-order chi connectivity index (χ1) is 65.2. The van der Waals surface area contributed by atoms with Crippen LogP contribution in [0, 0.1) is 79.8 Å². The van der Waals surface area contributed by atoms with E-state index in [1.54, 1.807) is 54.6 Å². The summed E-state index contributed by atoms with van der Waals surface area (Å²) in [5, 5.41) is 72.6. The molecule has 0 atom stereocenters. The molecule has 744 valence electrons. The van der Waals surface area contributed by atoms with E-state index in [9.17, 15) is 55.0 Å². The molecule has 0 aliphatic heterocycles. The molecule has 2 aromatic heterocycles. The van der Waals surface area contributed by atoms with Crippen molar-refractivity contribution in [2.75, 3.05) is 21.7 Å². The van der Waals surface area contributed by atoms with Gasteiger partial charge in [0.05, 0.1) is 35.9 Å². The number of aromatic nitrogens is 2. The average Bonchev–Trinajstić information content (AvgIpc) is 1.64. The number of nitro benzene ring substituents is 5. The van der Waals surface area contributed by atoms with Gasteiger partial charge in [0.1, 0.15) is 22.0 Å². The van der Waals surface area contributed by atoms with E-state index in [1.807, 2.05) is 107 Å². The van der Waals surface area contributed by atoms with Crippen LogP contribution in [-0.2, 0) is 27.0 Å². The van der Waals surface area contributed by atoms with Crippen molar-refractivity contribution in [2.45, 2.75) is 197 Å². The van der Waals surface area contributed by atoms with Gasteiger partial charge < -0.3 is 36.6 Å². The Morgan fingerprint density at radius 3 is 0.871 bits per heavy atom. The van der Waals surface area contributed by atoms with Gasteiger partial charge >= 0.3 is 35.0 Å². The van der Waals surface area contributed by atoms with Crippen molar-refractivity contribution in [3.8, 4) is 23.4 Å². The monoisotopic (exact) mass is 2100 g/mol. The maximum atomic E-state index is 12.1. The summed E-state index contributed by atoms with van der Waals surface area (Å²) in [5.74, 6) is 2.65. The second-order valence-corrected chi connectivity index (χ2v) is 56.3. The number of anilines is 4. The zero-order valence-electron chi connectivity index (χ0n) is 84.5. The fourth-order valence-electron chi connectivity index (χ4n) is 12.2. The van der Waals surface area contributed by atoms with Gasteiger partial charge in [-0.1, -0.05) is 227 Å². The van der Waals surface area contributed by atoms with Crippen LogP contribution in [0.2, 0.25) is 39.3 Å². The minimum absolute atomic E-state index is 0. The van der Waals surface area contributed by atoms with Crippen molar-refractivity contribution >= 4 is 156 Å². The zero-order valence-corrected chi connectivity index (χ0v) is 91.4. The van der Waals surface area contributed by atoms with E-state index in [0.29, 0.717) is 5.56 Å². The molecule has 0 bridgehead atoms. The molecule has 22 nitrogen and oxygen atoms in total. The number of nitrogens with one attached hydrogen (secondary N) is 3. The Labute approximate surface area is 847 Å². The number of halogens is 3. The predicted octanol–water partition coefficient (Wildman–Crippen LogP) is 28.2. The van der Waals surface area contributed by atoms with Gasteiger partial charge in [0.25, 0.3) is 28.4 Å². The van der Waals surface area contributed by atoms with Crippen molar-refractivity contribution in [2.24, 2.45) is 5.73 Å². The number of nitrogens with zero attached hydrogens (tertiary/aromatic N) is 7. The molecule has 2 heterocycles. The number of nitrogen functional groups attached to an aromatic ring is 1. The third-order valence-electron chi connectivity index (χ3n) is 18.1. The number of hydrogen-bond donors (Lipinski definition) is 5. The second kappa shape index (κ2) is 56.6. The predicted molar refractivity (Wildman–Crippen MR) is 596 cm³/mol. The summed E-state index contributed by atoms with van der Waals surface area (Å²) >= 11 is -0.106. The van der Waals surface area contributed by atoms with Crippen LogP contribution >= 0.6 is 34.9 Å². The first-order valence-electron chi connectivity index (χ1n) is 44.9. The molecule has 0 aliphatic rings. The van der Waals surface area contributed by atoms with Crippen molar-refractivity contribution in [3.63, 3.8) is 0 Å². The molecule has 30 heteroatoms. The minimum Gasteiger partial charge on any atom is -0.0622 e. The van der Waals surface area contributed by atoms with Crippen LogP contribution in [0.3, 0.4) is 0 Å². The Hall–Kier alpha value is -12.5. The van der Waals surface area contributed by atoms with Gasteiger partial charge in [-0.2, -0.15) is 0 Å². The van der Waals surface area contributed by atoms with Crippen LogP contribution in [0.25, 0.3) is 21.8 Å². The third kappa shape index (κ3) is 47.4. The van der Waals surface area contributed by atoms with Gasteiger partial charge in [0, 0.05) is 145 Å². The smallest absolute Gasteiger partial charge is 0.0134 e. The zero-order chi connectivity index (χ0) is 105. The molecular weight excluding hydrogens is 1960 g/mol. The normalized spacial score (nSPS) is 11.0. The molecule has 7 N–H and O–H groups in total. The van der Waals surface area contributed by atoms with E-state index in [-0.39, 0.29) is 87.5 Å². The maximum Gasteiger partial charge on any atom is -0.0134 e. The molecule has 14 aromatic rings. The fourth-order valence-corrected chi connectivity index (χ4v) is 17.3. The first-order valence-corrected chi connectivity index (χ1v) is 58.6. The van der Waals surface area contributed by atoms with Crippen LogP contribution in [0.15, 0.2) is 334 Å². The first kappa shape index (κ1) is 120. The van der Waals surface area contributed by atoms with E-state index in [2.05, 4.69) is 323 Å². The Bertz CT molecular complexity index is 5900. The number of nitrogens with two attached hydrogens (primary N) is 2. The topological polar surface area (TPSA) is 314 Å². The summed E-state index contributed by atoms with van der Waals surface area (Å²) in [6.45, 7) is 50.0. The Morgan fingerprint density at radius 2 is 0.614 bits per heavy atom. The van der Waals surface area contributed by atoms with Crippen molar-refractivity contribution in [1.29, 1.82) is 0 Å². The van der Waals surface area contributed by atoms with Gasteiger partial charge in [-0.25, -0.2) is 4.39 Å². The van der Waals surface area contributed by atoms with Gasteiger partial charge in [-0.15, -0.1) is 17.5 Å².